The standard InChI is InChI=1S/C11H16N4O3/c12-4-6-15-10(17)3-5-14(11(15)18)7-9(16)13-8-1-2-8/h3,5,8H,1-2,4,6-7,12H2,(H,13,16). The average molecular weight is 252 g/mol. The smallest absolute Gasteiger partial charge is 0.331 e. The Morgan fingerprint density at radius 1 is 1.44 bits per heavy atom. The fourth-order valence-corrected chi connectivity index (χ4v) is 1.67. The van der Waals surface area contributed by atoms with Crippen molar-refractivity contribution in [2.24, 2.45) is 5.73 Å². The fraction of sp³-hybridized carbons (Fsp3) is 0.545. The van der Waals surface area contributed by atoms with Crippen molar-refractivity contribution in [2.45, 2.75) is 32.0 Å². The van der Waals surface area contributed by atoms with Crippen molar-refractivity contribution in [3.63, 3.8) is 0 Å². The summed E-state index contributed by atoms with van der Waals surface area (Å²) in [6.07, 6.45) is 3.32. The van der Waals surface area contributed by atoms with Gasteiger partial charge in [0.05, 0.1) is 0 Å². The molecule has 2 rings (SSSR count). The van der Waals surface area contributed by atoms with Gasteiger partial charge in [0.25, 0.3) is 5.56 Å². The van der Waals surface area contributed by atoms with Crippen LogP contribution in [0.4, 0.5) is 0 Å². The van der Waals surface area contributed by atoms with E-state index in [4.69, 9.17) is 5.73 Å². The van der Waals surface area contributed by atoms with Crippen molar-refractivity contribution >= 4 is 5.91 Å². The minimum absolute atomic E-state index is 0.0693. The SMILES string of the molecule is NCCn1c(=O)ccn(CC(=O)NC2CC2)c1=O. The van der Waals surface area contributed by atoms with E-state index in [1.807, 2.05) is 0 Å². The summed E-state index contributed by atoms with van der Waals surface area (Å²) < 4.78 is 2.25. The van der Waals surface area contributed by atoms with Crippen LogP contribution in [-0.4, -0.2) is 27.6 Å². The van der Waals surface area contributed by atoms with Gasteiger partial charge in [0, 0.05) is 31.4 Å². The van der Waals surface area contributed by atoms with E-state index in [1.54, 1.807) is 0 Å². The molecule has 1 aromatic rings. The molecule has 0 unspecified atom stereocenters. The van der Waals surface area contributed by atoms with Gasteiger partial charge in [0.15, 0.2) is 0 Å². The van der Waals surface area contributed by atoms with Gasteiger partial charge in [0.2, 0.25) is 5.91 Å². The summed E-state index contributed by atoms with van der Waals surface area (Å²) in [6, 6.07) is 1.52. The zero-order valence-electron chi connectivity index (χ0n) is 9.96. The first-order valence-electron chi connectivity index (χ1n) is 5.91. The predicted octanol–water partition coefficient (Wildman–Crippen LogP) is -1.75. The maximum atomic E-state index is 11.9. The number of rotatable bonds is 5. The Hall–Kier alpha value is -1.89. The van der Waals surface area contributed by atoms with E-state index < -0.39 is 11.2 Å². The van der Waals surface area contributed by atoms with Gasteiger partial charge in [0.1, 0.15) is 6.54 Å². The van der Waals surface area contributed by atoms with Gasteiger partial charge in [-0.1, -0.05) is 0 Å². The summed E-state index contributed by atoms with van der Waals surface area (Å²) >= 11 is 0. The molecule has 1 saturated carbocycles. The molecule has 0 aliphatic heterocycles. The molecule has 3 N–H and O–H groups in total. The van der Waals surface area contributed by atoms with E-state index in [0.29, 0.717) is 0 Å². The second-order valence-corrected chi connectivity index (χ2v) is 4.35. The number of nitrogens with two attached hydrogens (primary N) is 1. The molecule has 7 heteroatoms. The molecule has 0 aromatic carbocycles. The molecule has 7 nitrogen and oxygen atoms in total. The van der Waals surface area contributed by atoms with Crippen LogP contribution in [0.15, 0.2) is 21.9 Å². The van der Waals surface area contributed by atoms with Crippen LogP contribution in [0, 0.1) is 0 Å². The second kappa shape index (κ2) is 5.18. The van der Waals surface area contributed by atoms with Gasteiger partial charge >= 0.3 is 5.69 Å². The van der Waals surface area contributed by atoms with E-state index in [9.17, 15) is 14.4 Å². The zero-order chi connectivity index (χ0) is 13.1. The Labute approximate surface area is 103 Å². The number of aromatic nitrogens is 2. The molecule has 0 atom stereocenters. The summed E-state index contributed by atoms with van der Waals surface area (Å²) in [5.41, 5.74) is 4.44. The Morgan fingerprint density at radius 2 is 2.17 bits per heavy atom. The monoisotopic (exact) mass is 252 g/mol. The average Bonchev–Trinajstić information content (AvgIpc) is 3.12. The minimum atomic E-state index is -0.501. The number of amides is 1. The van der Waals surface area contributed by atoms with Crippen LogP contribution in [0.25, 0.3) is 0 Å². The van der Waals surface area contributed by atoms with E-state index in [0.717, 1.165) is 17.4 Å². The third kappa shape index (κ3) is 2.86. The molecule has 0 bridgehead atoms. The minimum Gasteiger partial charge on any atom is -0.352 e. The number of nitrogens with zero attached hydrogens (tertiary/aromatic N) is 2. The number of hydrogen-bond donors (Lipinski definition) is 2. The highest BCUT2D eigenvalue weighted by molar-refractivity contribution is 5.76. The van der Waals surface area contributed by atoms with Crippen molar-refractivity contribution in [1.82, 2.24) is 14.5 Å². The van der Waals surface area contributed by atoms with Gasteiger partial charge in [-0.2, -0.15) is 0 Å². The molecule has 1 heterocycles. The van der Waals surface area contributed by atoms with Crippen LogP contribution < -0.4 is 22.3 Å². The Bertz CT molecular complexity index is 556. The molecule has 0 saturated heterocycles. The van der Waals surface area contributed by atoms with E-state index in [-0.39, 0.29) is 31.6 Å². The van der Waals surface area contributed by atoms with Gasteiger partial charge in [-0.15, -0.1) is 0 Å². The van der Waals surface area contributed by atoms with Crippen molar-refractivity contribution in [3.8, 4) is 0 Å². The molecule has 1 aromatic heterocycles. The Kier molecular flexibility index (Phi) is 3.61. The highest BCUT2D eigenvalue weighted by Gasteiger charge is 2.23. The summed E-state index contributed by atoms with van der Waals surface area (Å²) in [4.78, 5) is 34.9. The molecule has 1 amide bonds. The van der Waals surface area contributed by atoms with Crippen molar-refractivity contribution in [2.75, 3.05) is 6.54 Å². The summed E-state index contributed by atoms with van der Waals surface area (Å²) in [5, 5.41) is 2.78. The molecule has 18 heavy (non-hydrogen) atoms. The molecule has 0 spiro atoms. The molecule has 1 aliphatic carbocycles. The van der Waals surface area contributed by atoms with Crippen LogP contribution in [0.5, 0.6) is 0 Å². The number of nitrogens with one attached hydrogen (secondary N) is 1. The van der Waals surface area contributed by atoms with Crippen molar-refractivity contribution < 1.29 is 4.79 Å². The Balaban J connectivity index is 2.17. The number of carbonyl (C=O) groups is 1. The second-order valence-electron chi connectivity index (χ2n) is 4.35. The van der Waals surface area contributed by atoms with Crippen molar-refractivity contribution in [3.05, 3.63) is 33.1 Å². The lowest BCUT2D eigenvalue weighted by Crippen LogP contribution is -2.43. The molecular formula is C11H16N4O3. The maximum absolute atomic E-state index is 11.9. The topological polar surface area (TPSA) is 99.1 Å². The molecular weight excluding hydrogens is 236 g/mol. The maximum Gasteiger partial charge on any atom is 0.331 e. The van der Waals surface area contributed by atoms with E-state index in [1.165, 1.54) is 16.8 Å². The first-order valence-corrected chi connectivity index (χ1v) is 5.91. The quantitative estimate of drug-likeness (QED) is 0.649. The third-order valence-corrected chi connectivity index (χ3v) is 2.75. The van der Waals surface area contributed by atoms with Gasteiger partial charge in [-0.3, -0.25) is 18.7 Å². The lowest BCUT2D eigenvalue weighted by molar-refractivity contribution is -0.121. The molecule has 1 fully saturated rings. The number of carbonyl (C=O) groups excluding carboxylic acids is 1. The predicted molar refractivity (Wildman–Crippen MR) is 65.2 cm³/mol. The van der Waals surface area contributed by atoms with Crippen LogP contribution in [-0.2, 0) is 17.9 Å². The lowest BCUT2D eigenvalue weighted by atomic mass is 10.5. The van der Waals surface area contributed by atoms with Crippen LogP contribution in [0.2, 0.25) is 0 Å². The summed E-state index contributed by atoms with van der Waals surface area (Å²) in [7, 11) is 0. The highest BCUT2D eigenvalue weighted by atomic mass is 16.2. The molecule has 98 valence electrons. The Morgan fingerprint density at radius 3 is 2.78 bits per heavy atom. The van der Waals surface area contributed by atoms with Crippen LogP contribution >= 0.6 is 0 Å². The molecule has 0 radical (unpaired) electrons. The van der Waals surface area contributed by atoms with Gasteiger partial charge in [-0.25, -0.2) is 4.79 Å². The van der Waals surface area contributed by atoms with E-state index in [2.05, 4.69) is 5.32 Å². The first-order chi connectivity index (χ1) is 8.61. The highest BCUT2D eigenvalue weighted by Crippen LogP contribution is 2.18. The zero-order valence-corrected chi connectivity index (χ0v) is 9.96. The number of hydrogen-bond acceptors (Lipinski definition) is 4. The fourth-order valence-electron chi connectivity index (χ4n) is 1.67. The third-order valence-electron chi connectivity index (χ3n) is 2.75. The normalized spacial score (nSPS) is 14.5. The summed E-state index contributed by atoms with van der Waals surface area (Å²) in [6.45, 7) is 0.288. The van der Waals surface area contributed by atoms with Crippen molar-refractivity contribution in [1.29, 1.82) is 0 Å². The summed E-state index contributed by atoms with van der Waals surface area (Å²) in [5.74, 6) is -0.211. The van der Waals surface area contributed by atoms with Gasteiger partial charge < -0.3 is 11.1 Å². The van der Waals surface area contributed by atoms with Crippen LogP contribution in [0.1, 0.15) is 12.8 Å². The van der Waals surface area contributed by atoms with E-state index >= 15 is 0 Å². The lowest BCUT2D eigenvalue weighted by Gasteiger charge is -2.09. The first kappa shape index (κ1) is 12.6. The largest absolute Gasteiger partial charge is 0.352 e. The molecule has 1 aliphatic rings. The van der Waals surface area contributed by atoms with Gasteiger partial charge in [-0.05, 0) is 12.8 Å². The van der Waals surface area contributed by atoms with Crippen LogP contribution in [0.3, 0.4) is 0 Å².